The number of benzene rings is 1. The van der Waals surface area contributed by atoms with Gasteiger partial charge in [-0.1, -0.05) is 30.3 Å². The van der Waals surface area contributed by atoms with Crippen LogP contribution in [0.2, 0.25) is 0 Å². The summed E-state index contributed by atoms with van der Waals surface area (Å²) in [5.74, 6) is 0.419. The van der Waals surface area contributed by atoms with E-state index in [2.05, 4.69) is 5.32 Å². The molecule has 0 amide bonds. The number of nitrogens with one attached hydrogen (secondary N) is 1. The van der Waals surface area contributed by atoms with E-state index in [0.717, 1.165) is 31.5 Å². The molecule has 1 aliphatic heterocycles. The SMILES string of the molecule is OC(c1ccccc1)C1CCCNCC1. The fraction of sp³-hybridized carbons (Fsp3) is 0.538. The average molecular weight is 205 g/mol. The van der Waals surface area contributed by atoms with Gasteiger partial charge in [-0.05, 0) is 43.8 Å². The van der Waals surface area contributed by atoms with Crippen molar-refractivity contribution in [2.24, 2.45) is 5.92 Å². The molecule has 2 rings (SSSR count). The van der Waals surface area contributed by atoms with Gasteiger partial charge >= 0.3 is 0 Å². The molecule has 0 spiro atoms. The van der Waals surface area contributed by atoms with Crippen LogP contribution < -0.4 is 5.32 Å². The van der Waals surface area contributed by atoms with Crippen LogP contribution in [0, 0.1) is 5.92 Å². The Hall–Kier alpha value is -0.860. The van der Waals surface area contributed by atoms with Gasteiger partial charge in [0.2, 0.25) is 0 Å². The Morgan fingerprint density at radius 2 is 1.93 bits per heavy atom. The zero-order chi connectivity index (χ0) is 10.5. The van der Waals surface area contributed by atoms with Gasteiger partial charge in [-0.3, -0.25) is 0 Å². The average Bonchev–Trinajstić information content (AvgIpc) is 2.58. The predicted octanol–water partition coefficient (Wildman–Crippen LogP) is 2.11. The summed E-state index contributed by atoms with van der Waals surface area (Å²) in [6.45, 7) is 2.13. The second-order valence-electron chi connectivity index (χ2n) is 4.30. The van der Waals surface area contributed by atoms with Crippen LogP contribution in [0.1, 0.15) is 30.9 Å². The molecule has 82 valence electrons. The molecule has 1 fully saturated rings. The van der Waals surface area contributed by atoms with E-state index < -0.39 is 0 Å². The van der Waals surface area contributed by atoms with E-state index in [0.29, 0.717) is 5.92 Å². The molecule has 1 aliphatic rings. The first kappa shape index (κ1) is 10.7. The van der Waals surface area contributed by atoms with Crippen molar-refractivity contribution in [1.29, 1.82) is 0 Å². The first-order valence-electron chi connectivity index (χ1n) is 5.81. The van der Waals surface area contributed by atoms with Gasteiger partial charge in [-0.15, -0.1) is 0 Å². The highest BCUT2D eigenvalue weighted by Gasteiger charge is 2.21. The lowest BCUT2D eigenvalue weighted by Crippen LogP contribution is -2.16. The maximum Gasteiger partial charge on any atom is 0.0818 e. The number of hydrogen-bond acceptors (Lipinski definition) is 2. The van der Waals surface area contributed by atoms with Crippen LogP contribution in [-0.2, 0) is 0 Å². The van der Waals surface area contributed by atoms with Crippen molar-refractivity contribution < 1.29 is 5.11 Å². The maximum atomic E-state index is 10.2. The van der Waals surface area contributed by atoms with Gasteiger partial charge in [0.15, 0.2) is 0 Å². The molecule has 1 saturated heterocycles. The van der Waals surface area contributed by atoms with E-state index in [-0.39, 0.29) is 6.10 Å². The highest BCUT2D eigenvalue weighted by molar-refractivity contribution is 5.18. The highest BCUT2D eigenvalue weighted by atomic mass is 16.3. The molecule has 1 heterocycles. The minimum atomic E-state index is -0.286. The summed E-state index contributed by atoms with van der Waals surface area (Å²) in [6, 6.07) is 10.0. The zero-order valence-electron chi connectivity index (χ0n) is 9.02. The van der Waals surface area contributed by atoms with Crippen LogP contribution >= 0.6 is 0 Å². The van der Waals surface area contributed by atoms with Gasteiger partial charge in [-0.25, -0.2) is 0 Å². The van der Waals surface area contributed by atoms with Gasteiger partial charge in [0.1, 0.15) is 0 Å². The van der Waals surface area contributed by atoms with Crippen LogP contribution in [0.3, 0.4) is 0 Å². The molecular weight excluding hydrogens is 186 g/mol. The lowest BCUT2D eigenvalue weighted by Gasteiger charge is -2.21. The number of aliphatic hydroxyl groups excluding tert-OH is 1. The Balaban J connectivity index is 2.03. The quantitative estimate of drug-likeness (QED) is 0.775. The van der Waals surface area contributed by atoms with E-state index in [1.165, 1.54) is 6.42 Å². The lowest BCUT2D eigenvalue weighted by molar-refractivity contribution is 0.101. The third-order valence-electron chi connectivity index (χ3n) is 3.21. The minimum Gasteiger partial charge on any atom is -0.388 e. The van der Waals surface area contributed by atoms with Gasteiger partial charge in [0.25, 0.3) is 0 Å². The van der Waals surface area contributed by atoms with Crippen LogP contribution in [0.25, 0.3) is 0 Å². The molecule has 0 aliphatic carbocycles. The summed E-state index contributed by atoms with van der Waals surface area (Å²) in [7, 11) is 0. The van der Waals surface area contributed by atoms with Crippen molar-refractivity contribution in [3.05, 3.63) is 35.9 Å². The number of rotatable bonds is 2. The molecule has 1 aromatic rings. The Kier molecular flexibility index (Phi) is 3.75. The summed E-state index contributed by atoms with van der Waals surface area (Å²) in [4.78, 5) is 0. The molecule has 0 aromatic heterocycles. The van der Waals surface area contributed by atoms with Crippen molar-refractivity contribution >= 4 is 0 Å². The maximum absolute atomic E-state index is 10.2. The summed E-state index contributed by atoms with van der Waals surface area (Å²) in [5, 5.41) is 13.6. The predicted molar refractivity (Wildman–Crippen MR) is 61.6 cm³/mol. The molecule has 2 heteroatoms. The van der Waals surface area contributed by atoms with E-state index in [9.17, 15) is 5.11 Å². The molecule has 0 bridgehead atoms. The standard InChI is InChI=1S/C13H19NO/c15-13(11-5-2-1-3-6-11)12-7-4-9-14-10-8-12/h1-3,5-6,12-15H,4,7-10H2. The van der Waals surface area contributed by atoms with Gasteiger partial charge in [0.05, 0.1) is 6.10 Å². The van der Waals surface area contributed by atoms with Crippen LogP contribution in [0.5, 0.6) is 0 Å². The molecule has 2 atom stereocenters. The van der Waals surface area contributed by atoms with Gasteiger partial charge in [0, 0.05) is 0 Å². The monoisotopic (exact) mass is 205 g/mol. The summed E-state index contributed by atoms with van der Waals surface area (Å²) in [5.41, 5.74) is 1.06. The summed E-state index contributed by atoms with van der Waals surface area (Å²) in [6.07, 6.45) is 3.10. The normalized spacial score (nSPS) is 24.5. The molecule has 2 nitrogen and oxygen atoms in total. The Morgan fingerprint density at radius 3 is 2.73 bits per heavy atom. The minimum absolute atomic E-state index is 0.286. The Labute approximate surface area is 91.3 Å². The molecule has 2 N–H and O–H groups in total. The largest absolute Gasteiger partial charge is 0.388 e. The third kappa shape index (κ3) is 2.80. The highest BCUT2D eigenvalue weighted by Crippen LogP contribution is 2.28. The van der Waals surface area contributed by atoms with Crippen molar-refractivity contribution in [3.8, 4) is 0 Å². The van der Waals surface area contributed by atoms with Gasteiger partial charge in [-0.2, -0.15) is 0 Å². The number of aliphatic hydroxyl groups is 1. The molecular formula is C13H19NO. The summed E-state index contributed by atoms with van der Waals surface area (Å²) >= 11 is 0. The second kappa shape index (κ2) is 5.29. The van der Waals surface area contributed by atoms with Crippen LogP contribution in [0.15, 0.2) is 30.3 Å². The van der Waals surface area contributed by atoms with Crippen LogP contribution in [0.4, 0.5) is 0 Å². The van der Waals surface area contributed by atoms with Crippen molar-refractivity contribution in [3.63, 3.8) is 0 Å². The van der Waals surface area contributed by atoms with Gasteiger partial charge < -0.3 is 10.4 Å². The smallest absolute Gasteiger partial charge is 0.0818 e. The lowest BCUT2D eigenvalue weighted by atomic mass is 9.90. The topological polar surface area (TPSA) is 32.3 Å². The fourth-order valence-electron chi connectivity index (χ4n) is 2.28. The molecule has 0 saturated carbocycles. The third-order valence-corrected chi connectivity index (χ3v) is 3.21. The van der Waals surface area contributed by atoms with Crippen molar-refractivity contribution in [1.82, 2.24) is 5.32 Å². The molecule has 0 radical (unpaired) electrons. The zero-order valence-corrected chi connectivity index (χ0v) is 9.02. The van der Waals surface area contributed by atoms with Crippen molar-refractivity contribution in [2.45, 2.75) is 25.4 Å². The van der Waals surface area contributed by atoms with Crippen LogP contribution in [-0.4, -0.2) is 18.2 Å². The Morgan fingerprint density at radius 1 is 1.13 bits per heavy atom. The molecule has 1 aromatic carbocycles. The van der Waals surface area contributed by atoms with E-state index in [1.54, 1.807) is 0 Å². The van der Waals surface area contributed by atoms with Crippen molar-refractivity contribution in [2.75, 3.05) is 13.1 Å². The van der Waals surface area contributed by atoms with E-state index in [4.69, 9.17) is 0 Å². The first-order chi connectivity index (χ1) is 7.38. The molecule has 15 heavy (non-hydrogen) atoms. The second-order valence-corrected chi connectivity index (χ2v) is 4.30. The number of hydrogen-bond donors (Lipinski definition) is 2. The van der Waals surface area contributed by atoms with E-state index in [1.807, 2.05) is 30.3 Å². The fourth-order valence-corrected chi connectivity index (χ4v) is 2.28. The van der Waals surface area contributed by atoms with E-state index >= 15 is 0 Å². The molecule has 2 unspecified atom stereocenters. The first-order valence-corrected chi connectivity index (χ1v) is 5.81. The Bertz CT molecular complexity index is 278. The summed E-state index contributed by atoms with van der Waals surface area (Å²) < 4.78 is 0.